The van der Waals surface area contributed by atoms with E-state index in [4.69, 9.17) is 4.74 Å². The van der Waals surface area contributed by atoms with Gasteiger partial charge >= 0.3 is 0 Å². The summed E-state index contributed by atoms with van der Waals surface area (Å²) in [5.41, 5.74) is 0. The number of unbranched alkanes of at least 4 members (excludes halogenated alkanes) is 1. The SMILES string of the molecule is CCCCOCC(=O)NC1CCCNC1=O. The Bertz CT molecular complexity index is 243. The van der Waals surface area contributed by atoms with Gasteiger partial charge in [-0.2, -0.15) is 0 Å². The van der Waals surface area contributed by atoms with Crippen LogP contribution in [0.25, 0.3) is 0 Å². The standard InChI is InChI=1S/C11H20N2O3/c1-2-3-7-16-8-10(14)13-9-5-4-6-12-11(9)15/h9H,2-8H2,1H3,(H,12,15)(H,13,14). The minimum Gasteiger partial charge on any atom is -0.372 e. The quantitative estimate of drug-likeness (QED) is 0.638. The fourth-order valence-electron chi connectivity index (χ4n) is 1.56. The van der Waals surface area contributed by atoms with Gasteiger partial charge in [0.25, 0.3) is 0 Å². The van der Waals surface area contributed by atoms with Gasteiger partial charge in [0.15, 0.2) is 0 Å². The fraction of sp³-hybridized carbons (Fsp3) is 0.818. The molecule has 5 nitrogen and oxygen atoms in total. The molecule has 5 heteroatoms. The van der Waals surface area contributed by atoms with Crippen LogP contribution in [0.1, 0.15) is 32.6 Å². The van der Waals surface area contributed by atoms with E-state index in [0.717, 1.165) is 19.3 Å². The van der Waals surface area contributed by atoms with Crippen molar-refractivity contribution in [3.63, 3.8) is 0 Å². The van der Waals surface area contributed by atoms with E-state index in [9.17, 15) is 9.59 Å². The molecule has 1 atom stereocenters. The third-order valence-corrected chi connectivity index (χ3v) is 2.50. The van der Waals surface area contributed by atoms with Gasteiger partial charge in [-0.1, -0.05) is 13.3 Å². The summed E-state index contributed by atoms with van der Waals surface area (Å²) in [5.74, 6) is -0.300. The number of carbonyl (C=O) groups excluding carboxylic acids is 2. The Hall–Kier alpha value is -1.10. The van der Waals surface area contributed by atoms with E-state index in [0.29, 0.717) is 19.6 Å². The normalized spacial score (nSPS) is 20.3. The number of hydrogen-bond donors (Lipinski definition) is 2. The van der Waals surface area contributed by atoms with E-state index in [1.165, 1.54) is 0 Å². The van der Waals surface area contributed by atoms with Crippen molar-refractivity contribution in [2.24, 2.45) is 0 Å². The number of ether oxygens (including phenoxy) is 1. The predicted octanol–water partition coefficient (Wildman–Crippen LogP) is 0.198. The summed E-state index contributed by atoms with van der Waals surface area (Å²) < 4.78 is 5.17. The lowest BCUT2D eigenvalue weighted by molar-refractivity contribution is -0.132. The second kappa shape index (κ2) is 7.22. The molecule has 0 aromatic rings. The number of piperidine rings is 1. The highest BCUT2D eigenvalue weighted by molar-refractivity contribution is 5.88. The lowest BCUT2D eigenvalue weighted by atomic mass is 10.1. The Labute approximate surface area is 95.9 Å². The largest absolute Gasteiger partial charge is 0.372 e. The fourth-order valence-corrected chi connectivity index (χ4v) is 1.56. The Morgan fingerprint density at radius 2 is 2.44 bits per heavy atom. The van der Waals surface area contributed by atoms with Crippen LogP contribution >= 0.6 is 0 Å². The highest BCUT2D eigenvalue weighted by Gasteiger charge is 2.23. The summed E-state index contributed by atoms with van der Waals surface area (Å²) >= 11 is 0. The zero-order chi connectivity index (χ0) is 11.8. The summed E-state index contributed by atoms with van der Waals surface area (Å²) in [6.45, 7) is 3.42. The van der Waals surface area contributed by atoms with E-state index in [1.54, 1.807) is 0 Å². The van der Waals surface area contributed by atoms with Crippen molar-refractivity contribution in [1.29, 1.82) is 0 Å². The average Bonchev–Trinajstić information content (AvgIpc) is 2.28. The summed E-state index contributed by atoms with van der Waals surface area (Å²) in [7, 11) is 0. The van der Waals surface area contributed by atoms with Crippen LogP contribution in [0, 0.1) is 0 Å². The van der Waals surface area contributed by atoms with Gasteiger partial charge in [-0.3, -0.25) is 9.59 Å². The number of amides is 2. The zero-order valence-corrected chi connectivity index (χ0v) is 9.75. The molecule has 1 saturated heterocycles. The van der Waals surface area contributed by atoms with Gasteiger partial charge in [0.05, 0.1) is 0 Å². The summed E-state index contributed by atoms with van der Waals surface area (Å²) in [6, 6.07) is -0.379. The zero-order valence-electron chi connectivity index (χ0n) is 9.75. The number of nitrogens with one attached hydrogen (secondary N) is 2. The molecule has 0 aliphatic carbocycles. The molecule has 1 heterocycles. The third kappa shape index (κ3) is 4.61. The molecule has 1 fully saturated rings. The predicted molar refractivity (Wildman–Crippen MR) is 59.9 cm³/mol. The minimum atomic E-state index is -0.379. The van der Waals surface area contributed by atoms with Gasteiger partial charge in [-0.25, -0.2) is 0 Å². The molecule has 0 radical (unpaired) electrons. The van der Waals surface area contributed by atoms with Crippen molar-refractivity contribution in [3.8, 4) is 0 Å². The molecule has 0 spiro atoms. The Morgan fingerprint density at radius 3 is 3.12 bits per heavy atom. The summed E-state index contributed by atoms with van der Waals surface area (Å²) in [5, 5.41) is 5.39. The molecule has 1 aliphatic heterocycles. The second-order valence-corrected chi connectivity index (χ2v) is 3.96. The van der Waals surface area contributed by atoms with Crippen LogP contribution in [0.4, 0.5) is 0 Å². The molecule has 1 rings (SSSR count). The molecule has 2 amide bonds. The lowest BCUT2D eigenvalue weighted by Gasteiger charge is -2.22. The first-order valence-electron chi connectivity index (χ1n) is 5.89. The van der Waals surface area contributed by atoms with E-state index >= 15 is 0 Å². The average molecular weight is 228 g/mol. The van der Waals surface area contributed by atoms with Crippen LogP contribution in [0.3, 0.4) is 0 Å². The second-order valence-electron chi connectivity index (χ2n) is 3.96. The van der Waals surface area contributed by atoms with Gasteiger partial charge in [0.2, 0.25) is 11.8 Å². The Morgan fingerprint density at radius 1 is 1.62 bits per heavy atom. The van der Waals surface area contributed by atoms with E-state index in [2.05, 4.69) is 17.6 Å². The van der Waals surface area contributed by atoms with Crippen LogP contribution in [-0.4, -0.2) is 37.6 Å². The highest BCUT2D eigenvalue weighted by atomic mass is 16.5. The summed E-state index contributed by atoms with van der Waals surface area (Å²) in [6.07, 6.45) is 3.63. The maximum Gasteiger partial charge on any atom is 0.246 e. The number of hydrogen-bond acceptors (Lipinski definition) is 3. The van der Waals surface area contributed by atoms with Crippen molar-refractivity contribution in [1.82, 2.24) is 10.6 Å². The molecule has 0 aromatic carbocycles. The maximum atomic E-state index is 11.4. The van der Waals surface area contributed by atoms with E-state index < -0.39 is 0 Å². The van der Waals surface area contributed by atoms with Crippen molar-refractivity contribution in [2.75, 3.05) is 19.8 Å². The Balaban J connectivity index is 2.15. The van der Waals surface area contributed by atoms with Gasteiger partial charge in [-0.15, -0.1) is 0 Å². The smallest absolute Gasteiger partial charge is 0.246 e. The molecule has 92 valence electrons. The molecule has 0 bridgehead atoms. The first kappa shape index (κ1) is 13.0. The first-order valence-corrected chi connectivity index (χ1v) is 5.89. The number of carbonyl (C=O) groups is 2. The van der Waals surface area contributed by atoms with Crippen molar-refractivity contribution in [2.45, 2.75) is 38.6 Å². The van der Waals surface area contributed by atoms with Crippen molar-refractivity contribution >= 4 is 11.8 Å². The molecular weight excluding hydrogens is 208 g/mol. The van der Waals surface area contributed by atoms with Crippen molar-refractivity contribution in [3.05, 3.63) is 0 Å². The van der Waals surface area contributed by atoms with Crippen molar-refractivity contribution < 1.29 is 14.3 Å². The molecule has 0 saturated carbocycles. The molecular formula is C11H20N2O3. The van der Waals surface area contributed by atoms with Gasteiger partial charge < -0.3 is 15.4 Å². The van der Waals surface area contributed by atoms with Crippen LogP contribution in [-0.2, 0) is 14.3 Å². The molecule has 0 aromatic heterocycles. The third-order valence-electron chi connectivity index (χ3n) is 2.50. The molecule has 1 aliphatic rings. The molecule has 1 unspecified atom stereocenters. The molecule has 2 N–H and O–H groups in total. The topological polar surface area (TPSA) is 67.4 Å². The summed E-state index contributed by atoms with van der Waals surface area (Å²) in [4.78, 5) is 22.7. The van der Waals surface area contributed by atoms with Crippen LogP contribution in [0.2, 0.25) is 0 Å². The van der Waals surface area contributed by atoms with E-state index in [1.807, 2.05) is 0 Å². The maximum absolute atomic E-state index is 11.4. The van der Waals surface area contributed by atoms with Crippen LogP contribution < -0.4 is 10.6 Å². The first-order chi connectivity index (χ1) is 7.74. The van der Waals surface area contributed by atoms with Gasteiger partial charge in [0.1, 0.15) is 12.6 Å². The highest BCUT2D eigenvalue weighted by Crippen LogP contribution is 2.02. The van der Waals surface area contributed by atoms with E-state index in [-0.39, 0.29) is 24.5 Å². The van der Waals surface area contributed by atoms with Crippen LogP contribution in [0.15, 0.2) is 0 Å². The minimum absolute atomic E-state index is 0.0454. The van der Waals surface area contributed by atoms with Crippen LogP contribution in [0.5, 0.6) is 0 Å². The monoisotopic (exact) mass is 228 g/mol. The Kier molecular flexibility index (Phi) is 5.85. The molecule has 16 heavy (non-hydrogen) atoms. The number of rotatable bonds is 6. The lowest BCUT2D eigenvalue weighted by Crippen LogP contribution is -2.51. The van der Waals surface area contributed by atoms with Gasteiger partial charge in [-0.05, 0) is 19.3 Å². The van der Waals surface area contributed by atoms with Gasteiger partial charge in [0, 0.05) is 13.2 Å².